The lowest BCUT2D eigenvalue weighted by Gasteiger charge is -2.25. The molecular weight excluding hydrogens is 374 g/mol. The maximum Gasteiger partial charge on any atom is 0.341 e. The summed E-state index contributed by atoms with van der Waals surface area (Å²) in [4.78, 5) is 30.8. The quantitative estimate of drug-likeness (QED) is 0.749. The van der Waals surface area contributed by atoms with Gasteiger partial charge in [-0.25, -0.2) is 4.79 Å². The van der Waals surface area contributed by atoms with Crippen LogP contribution < -0.4 is 10.2 Å². The molecule has 0 aliphatic carbocycles. The second-order valence-electron chi connectivity index (χ2n) is 6.94. The Kier molecular flexibility index (Phi) is 6.36. The highest BCUT2D eigenvalue weighted by atomic mass is 32.1. The number of nitrogens with one attached hydrogen (secondary N) is 1. The van der Waals surface area contributed by atoms with Crippen molar-refractivity contribution in [3.63, 3.8) is 0 Å². The predicted octanol–water partition coefficient (Wildman–Crippen LogP) is 3.62. The van der Waals surface area contributed by atoms with Gasteiger partial charge in [0.1, 0.15) is 5.00 Å². The fourth-order valence-corrected chi connectivity index (χ4v) is 4.59. The smallest absolute Gasteiger partial charge is 0.341 e. The Labute approximate surface area is 170 Å². The molecule has 3 rings (SSSR count). The number of carbonyl (C=O) groups is 2. The largest absolute Gasteiger partial charge is 0.462 e. The van der Waals surface area contributed by atoms with Crippen molar-refractivity contribution in [2.75, 3.05) is 44.0 Å². The van der Waals surface area contributed by atoms with Gasteiger partial charge in [-0.1, -0.05) is 6.92 Å². The Bertz CT molecular complexity index is 859. The molecule has 2 aromatic rings. The van der Waals surface area contributed by atoms with Crippen LogP contribution in [-0.2, 0) is 17.7 Å². The number of likely N-dealkylation sites (N-methyl/N-ethyl adjacent to an activating group) is 1. The lowest BCUT2D eigenvalue weighted by Crippen LogP contribution is -2.30. The standard InChI is InChI=1S/C21H27N3O3S/c1-5-24-12-11-16-17(13-24)28-20(18(16)21(26)27-6-2)22-19(25)14-7-9-15(10-8-14)23(3)4/h7-10H,5-6,11-13H2,1-4H3,(H,22,25). The number of fused-ring (bicyclic) bond motifs is 1. The second-order valence-corrected chi connectivity index (χ2v) is 8.05. The molecule has 0 fully saturated rings. The van der Waals surface area contributed by atoms with Gasteiger partial charge in [0.2, 0.25) is 0 Å². The van der Waals surface area contributed by atoms with Crippen LogP contribution in [0.2, 0.25) is 0 Å². The lowest BCUT2D eigenvalue weighted by atomic mass is 10.0. The Balaban J connectivity index is 1.89. The molecule has 0 unspecified atom stereocenters. The molecule has 0 saturated heterocycles. The average molecular weight is 402 g/mol. The van der Waals surface area contributed by atoms with E-state index < -0.39 is 0 Å². The normalized spacial score (nSPS) is 13.7. The number of nitrogens with zero attached hydrogens (tertiary/aromatic N) is 2. The molecule has 2 heterocycles. The van der Waals surface area contributed by atoms with Gasteiger partial charge in [-0.3, -0.25) is 9.69 Å². The maximum atomic E-state index is 12.8. The van der Waals surface area contributed by atoms with E-state index in [1.807, 2.05) is 31.1 Å². The highest BCUT2D eigenvalue weighted by molar-refractivity contribution is 7.17. The summed E-state index contributed by atoms with van der Waals surface area (Å²) in [5.74, 6) is -0.579. The van der Waals surface area contributed by atoms with E-state index in [2.05, 4.69) is 17.1 Å². The van der Waals surface area contributed by atoms with Crippen LogP contribution in [-0.4, -0.2) is 50.6 Å². The second kappa shape index (κ2) is 8.75. The molecule has 1 aromatic heterocycles. The SMILES string of the molecule is CCOC(=O)c1c(NC(=O)c2ccc(N(C)C)cc2)sc2c1CCN(CC)C2. The van der Waals surface area contributed by atoms with Crippen LogP contribution in [0.15, 0.2) is 24.3 Å². The van der Waals surface area contributed by atoms with Gasteiger partial charge in [-0.2, -0.15) is 0 Å². The molecular formula is C21H27N3O3S. The first-order valence-electron chi connectivity index (χ1n) is 9.57. The van der Waals surface area contributed by atoms with Crippen LogP contribution in [0.25, 0.3) is 0 Å². The molecule has 1 aliphatic rings. The van der Waals surface area contributed by atoms with Gasteiger partial charge in [-0.05, 0) is 49.7 Å². The van der Waals surface area contributed by atoms with Crippen molar-refractivity contribution >= 4 is 33.9 Å². The van der Waals surface area contributed by atoms with Crippen molar-refractivity contribution in [1.82, 2.24) is 4.90 Å². The van der Waals surface area contributed by atoms with Crippen molar-refractivity contribution in [3.8, 4) is 0 Å². The molecule has 1 amide bonds. The number of thiophene rings is 1. The fourth-order valence-electron chi connectivity index (χ4n) is 3.32. The van der Waals surface area contributed by atoms with Gasteiger partial charge >= 0.3 is 5.97 Å². The molecule has 28 heavy (non-hydrogen) atoms. The Morgan fingerprint density at radius 2 is 1.93 bits per heavy atom. The van der Waals surface area contributed by atoms with E-state index in [1.165, 1.54) is 11.3 Å². The minimum Gasteiger partial charge on any atom is -0.462 e. The zero-order chi connectivity index (χ0) is 20.3. The van der Waals surface area contributed by atoms with Crippen LogP contribution in [0.4, 0.5) is 10.7 Å². The number of esters is 1. The van der Waals surface area contributed by atoms with Crippen LogP contribution in [0.1, 0.15) is 45.0 Å². The summed E-state index contributed by atoms with van der Waals surface area (Å²) in [5.41, 5.74) is 3.12. The number of carbonyl (C=O) groups excluding carboxylic acids is 2. The van der Waals surface area contributed by atoms with Gasteiger partial charge in [0.25, 0.3) is 5.91 Å². The van der Waals surface area contributed by atoms with Crippen molar-refractivity contribution < 1.29 is 14.3 Å². The Morgan fingerprint density at radius 3 is 2.54 bits per heavy atom. The van der Waals surface area contributed by atoms with E-state index in [0.717, 1.165) is 42.2 Å². The van der Waals surface area contributed by atoms with Gasteiger partial charge in [0, 0.05) is 43.3 Å². The van der Waals surface area contributed by atoms with Crippen molar-refractivity contribution in [2.45, 2.75) is 26.8 Å². The van der Waals surface area contributed by atoms with Crippen molar-refractivity contribution in [1.29, 1.82) is 0 Å². The number of ether oxygens (including phenoxy) is 1. The van der Waals surface area contributed by atoms with E-state index >= 15 is 0 Å². The Morgan fingerprint density at radius 1 is 1.21 bits per heavy atom. The molecule has 7 heteroatoms. The number of hydrogen-bond acceptors (Lipinski definition) is 6. The Hall–Kier alpha value is -2.38. The van der Waals surface area contributed by atoms with Crippen molar-refractivity contribution in [3.05, 3.63) is 45.8 Å². The predicted molar refractivity (Wildman–Crippen MR) is 114 cm³/mol. The maximum absolute atomic E-state index is 12.8. The van der Waals surface area contributed by atoms with E-state index in [1.54, 1.807) is 19.1 Å². The van der Waals surface area contributed by atoms with Gasteiger partial charge < -0.3 is 15.0 Å². The summed E-state index contributed by atoms with van der Waals surface area (Å²) >= 11 is 1.48. The number of hydrogen-bond donors (Lipinski definition) is 1. The van der Waals surface area contributed by atoms with E-state index in [4.69, 9.17) is 4.74 Å². The summed E-state index contributed by atoms with van der Waals surface area (Å²) in [6, 6.07) is 7.39. The van der Waals surface area contributed by atoms with E-state index in [0.29, 0.717) is 22.7 Å². The number of rotatable bonds is 6. The summed E-state index contributed by atoms with van der Waals surface area (Å²) in [5, 5.41) is 3.54. The average Bonchev–Trinajstić information content (AvgIpc) is 3.04. The zero-order valence-corrected chi connectivity index (χ0v) is 17.7. The zero-order valence-electron chi connectivity index (χ0n) is 16.9. The molecule has 0 radical (unpaired) electrons. The third-order valence-electron chi connectivity index (χ3n) is 4.94. The molecule has 1 N–H and O–H groups in total. The van der Waals surface area contributed by atoms with Crippen molar-refractivity contribution in [2.24, 2.45) is 0 Å². The van der Waals surface area contributed by atoms with Gasteiger partial charge in [0.15, 0.2) is 0 Å². The number of anilines is 2. The molecule has 150 valence electrons. The van der Waals surface area contributed by atoms with E-state index in [-0.39, 0.29) is 11.9 Å². The third-order valence-corrected chi connectivity index (χ3v) is 6.07. The van der Waals surface area contributed by atoms with Crippen LogP contribution in [0.3, 0.4) is 0 Å². The highest BCUT2D eigenvalue weighted by Crippen LogP contribution is 2.38. The summed E-state index contributed by atoms with van der Waals surface area (Å²) in [7, 11) is 3.91. The summed E-state index contributed by atoms with van der Waals surface area (Å²) in [6.07, 6.45) is 0.793. The van der Waals surface area contributed by atoms with E-state index in [9.17, 15) is 9.59 Å². The molecule has 0 spiro atoms. The minimum atomic E-state index is -0.358. The fraction of sp³-hybridized carbons (Fsp3) is 0.429. The molecule has 1 aromatic carbocycles. The molecule has 6 nitrogen and oxygen atoms in total. The summed E-state index contributed by atoms with van der Waals surface area (Å²) in [6.45, 7) is 6.91. The molecule has 1 aliphatic heterocycles. The first-order valence-corrected chi connectivity index (χ1v) is 10.4. The first-order chi connectivity index (χ1) is 13.4. The molecule has 0 bridgehead atoms. The summed E-state index contributed by atoms with van der Waals surface area (Å²) < 4.78 is 5.27. The van der Waals surface area contributed by atoms with Gasteiger partial charge in [0.05, 0.1) is 12.2 Å². The minimum absolute atomic E-state index is 0.221. The first kappa shape index (κ1) is 20.4. The molecule has 0 atom stereocenters. The van der Waals surface area contributed by atoms with Gasteiger partial charge in [-0.15, -0.1) is 11.3 Å². The van der Waals surface area contributed by atoms with Crippen LogP contribution >= 0.6 is 11.3 Å². The van der Waals surface area contributed by atoms with Crippen LogP contribution in [0, 0.1) is 0 Å². The lowest BCUT2D eigenvalue weighted by molar-refractivity contribution is 0.0526. The highest BCUT2D eigenvalue weighted by Gasteiger charge is 2.29. The van der Waals surface area contributed by atoms with Crippen LogP contribution in [0.5, 0.6) is 0 Å². The monoisotopic (exact) mass is 401 g/mol. The topological polar surface area (TPSA) is 61.9 Å². The number of benzene rings is 1. The molecule has 0 saturated carbocycles. The third kappa shape index (κ3) is 4.20. The number of amides is 1.